The number of aromatic nitrogens is 1. The molecule has 1 radical (unpaired) electrons. The van der Waals surface area contributed by atoms with E-state index in [1.165, 1.54) is 35.8 Å². The zero-order chi connectivity index (χ0) is 22.5. The summed E-state index contributed by atoms with van der Waals surface area (Å²) >= 11 is 2.17. The number of hydrogen-bond acceptors (Lipinski definition) is 5. The molecule has 3 rings (SSSR count). The molecule has 0 bridgehead atoms. The van der Waals surface area contributed by atoms with Crippen molar-refractivity contribution in [3.8, 4) is 5.75 Å². The molecule has 0 aliphatic rings. The number of rotatable bonds is 3. The maximum atomic E-state index is 12.2. The SMILES string of the molecule is CC(=O)c1ccc2c(I)cn(C(=O)OC(C)(C)C)c2c1.O[B]Oc1ccc(F)cc1. The third-order valence-corrected chi connectivity index (χ3v) is 4.62. The van der Waals surface area contributed by atoms with Gasteiger partial charge in [0.15, 0.2) is 5.78 Å². The Kier molecular flexibility index (Phi) is 8.02. The van der Waals surface area contributed by atoms with Crippen molar-refractivity contribution in [3.63, 3.8) is 0 Å². The van der Waals surface area contributed by atoms with Gasteiger partial charge in [-0.2, -0.15) is 0 Å². The van der Waals surface area contributed by atoms with E-state index in [0.717, 1.165) is 8.96 Å². The molecule has 0 saturated carbocycles. The first-order valence-corrected chi connectivity index (χ1v) is 10.0. The van der Waals surface area contributed by atoms with E-state index in [-0.39, 0.29) is 11.6 Å². The van der Waals surface area contributed by atoms with Gasteiger partial charge in [-0.15, -0.1) is 0 Å². The number of Topliss-reactive ketones (excluding diaryl/α,β-unsaturated/α-hetero) is 1. The van der Waals surface area contributed by atoms with Crippen LogP contribution in [0.15, 0.2) is 48.7 Å². The van der Waals surface area contributed by atoms with Crippen LogP contribution < -0.4 is 4.65 Å². The third-order valence-electron chi connectivity index (χ3n) is 3.76. The summed E-state index contributed by atoms with van der Waals surface area (Å²) in [6.45, 7) is 6.97. The van der Waals surface area contributed by atoms with E-state index in [1.54, 1.807) is 18.3 Å². The predicted octanol–water partition coefficient (Wildman–Crippen LogP) is 4.96. The van der Waals surface area contributed by atoms with Gasteiger partial charge in [0.25, 0.3) is 0 Å². The Bertz CT molecular complexity index is 1040. The average Bonchev–Trinajstić information content (AvgIpc) is 2.99. The number of halogens is 2. The highest BCUT2D eigenvalue weighted by molar-refractivity contribution is 14.1. The molecule has 9 heteroatoms. The van der Waals surface area contributed by atoms with Crippen molar-refractivity contribution >= 4 is 53.1 Å². The molecule has 0 spiro atoms. The summed E-state index contributed by atoms with van der Waals surface area (Å²) in [5.74, 6) is 0.0491. The van der Waals surface area contributed by atoms with Crippen LogP contribution in [0.2, 0.25) is 0 Å². The van der Waals surface area contributed by atoms with E-state index in [9.17, 15) is 14.0 Å². The van der Waals surface area contributed by atoms with E-state index in [0.29, 0.717) is 24.5 Å². The fraction of sp³-hybridized carbons (Fsp3) is 0.238. The van der Waals surface area contributed by atoms with Crippen molar-refractivity contribution in [2.75, 3.05) is 0 Å². The molecule has 0 aliphatic carbocycles. The second-order valence-electron chi connectivity index (χ2n) is 7.29. The minimum atomic E-state index is -0.558. The quantitative estimate of drug-likeness (QED) is 0.298. The van der Waals surface area contributed by atoms with Gasteiger partial charge in [0.1, 0.15) is 17.2 Å². The first-order valence-electron chi connectivity index (χ1n) is 8.95. The van der Waals surface area contributed by atoms with Crippen molar-refractivity contribution in [2.24, 2.45) is 0 Å². The molecule has 6 nitrogen and oxygen atoms in total. The van der Waals surface area contributed by atoms with Gasteiger partial charge in [-0.05, 0) is 80.6 Å². The molecule has 0 saturated heterocycles. The first kappa shape index (κ1) is 23.9. The molecule has 1 aromatic heterocycles. The Hall–Kier alpha value is -2.40. The molecule has 1 heterocycles. The zero-order valence-electron chi connectivity index (χ0n) is 17.0. The van der Waals surface area contributed by atoms with Gasteiger partial charge in [0.05, 0.1) is 5.52 Å². The summed E-state index contributed by atoms with van der Waals surface area (Å²) in [6, 6.07) is 10.7. The number of fused-ring (bicyclic) bond motifs is 1. The standard InChI is InChI=1S/C15H16INO3.C6H5BFO2/c1-9(18)10-5-6-11-12(16)8-17(13(11)7-10)14(19)20-15(2,3)4;8-5-1-3-6(4-2-5)10-7-9/h5-8H,1-4H3;1-4,9H. The molecule has 1 N–H and O–H groups in total. The van der Waals surface area contributed by atoms with Crippen LogP contribution in [0.1, 0.15) is 38.1 Å². The summed E-state index contributed by atoms with van der Waals surface area (Å²) in [4.78, 5) is 23.7. The van der Waals surface area contributed by atoms with Crippen molar-refractivity contribution in [3.05, 3.63) is 63.6 Å². The van der Waals surface area contributed by atoms with Gasteiger partial charge in [-0.3, -0.25) is 9.36 Å². The van der Waals surface area contributed by atoms with E-state index < -0.39 is 11.7 Å². The normalized spacial score (nSPS) is 10.8. The van der Waals surface area contributed by atoms with E-state index in [4.69, 9.17) is 9.76 Å². The predicted molar refractivity (Wildman–Crippen MR) is 121 cm³/mol. The molecule has 2 aromatic carbocycles. The van der Waals surface area contributed by atoms with Gasteiger partial charge in [-0.1, -0.05) is 12.1 Å². The van der Waals surface area contributed by atoms with Crippen LogP contribution in [0.3, 0.4) is 0 Å². The average molecular weight is 524 g/mol. The maximum absolute atomic E-state index is 12.2. The molecular weight excluding hydrogens is 503 g/mol. The van der Waals surface area contributed by atoms with Crippen molar-refractivity contribution in [1.82, 2.24) is 4.57 Å². The lowest BCUT2D eigenvalue weighted by Gasteiger charge is -2.19. The zero-order valence-corrected chi connectivity index (χ0v) is 19.1. The van der Waals surface area contributed by atoms with Gasteiger partial charge in [-0.25, -0.2) is 9.18 Å². The summed E-state index contributed by atoms with van der Waals surface area (Å²) in [5.41, 5.74) is 0.713. The van der Waals surface area contributed by atoms with E-state index in [2.05, 4.69) is 27.2 Å². The van der Waals surface area contributed by atoms with Gasteiger partial charge < -0.3 is 14.4 Å². The molecule has 0 aliphatic heterocycles. The van der Waals surface area contributed by atoms with Crippen molar-refractivity contribution < 1.29 is 28.4 Å². The monoisotopic (exact) mass is 524 g/mol. The van der Waals surface area contributed by atoms with Crippen LogP contribution in [0.4, 0.5) is 9.18 Å². The first-order chi connectivity index (χ1) is 14.0. The Morgan fingerprint density at radius 3 is 2.30 bits per heavy atom. The number of benzene rings is 2. The van der Waals surface area contributed by atoms with E-state index in [1.807, 2.05) is 26.8 Å². The van der Waals surface area contributed by atoms with Gasteiger partial charge in [0.2, 0.25) is 0 Å². The summed E-state index contributed by atoms with van der Waals surface area (Å²) in [7, 11) is 0.549. The van der Waals surface area contributed by atoms with Gasteiger partial charge in [0, 0.05) is 20.7 Å². The van der Waals surface area contributed by atoms with Crippen molar-refractivity contribution in [2.45, 2.75) is 33.3 Å². The smallest absolute Gasteiger partial charge is 0.537 e. The maximum Gasteiger partial charge on any atom is 0.569 e. The van der Waals surface area contributed by atoms with Crippen LogP contribution in [0, 0.1) is 9.39 Å². The number of nitrogens with zero attached hydrogens (tertiary/aromatic N) is 1. The molecule has 157 valence electrons. The Morgan fingerprint density at radius 1 is 1.13 bits per heavy atom. The van der Waals surface area contributed by atoms with E-state index >= 15 is 0 Å². The second kappa shape index (κ2) is 10.1. The summed E-state index contributed by atoms with van der Waals surface area (Å²) in [5, 5.41) is 9.08. The number of hydrogen-bond donors (Lipinski definition) is 1. The van der Waals surface area contributed by atoms with Crippen LogP contribution in [0.25, 0.3) is 10.9 Å². The Labute approximate surface area is 188 Å². The largest absolute Gasteiger partial charge is 0.569 e. The molecule has 0 unspecified atom stereocenters. The number of carbonyl (C=O) groups is 2. The highest BCUT2D eigenvalue weighted by Crippen LogP contribution is 2.25. The highest BCUT2D eigenvalue weighted by Gasteiger charge is 2.20. The van der Waals surface area contributed by atoms with Crippen LogP contribution in [-0.4, -0.2) is 34.8 Å². The lowest BCUT2D eigenvalue weighted by Crippen LogP contribution is -2.26. The highest BCUT2D eigenvalue weighted by atomic mass is 127. The molecule has 30 heavy (non-hydrogen) atoms. The minimum absolute atomic E-state index is 0.0288. The molecule has 0 amide bonds. The van der Waals surface area contributed by atoms with Crippen molar-refractivity contribution in [1.29, 1.82) is 0 Å². The van der Waals surface area contributed by atoms with Gasteiger partial charge >= 0.3 is 13.8 Å². The lowest BCUT2D eigenvalue weighted by atomic mass is 10.1. The number of ketones is 1. The van der Waals surface area contributed by atoms with Crippen LogP contribution in [0.5, 0.6) is 5.75 Å². The molecule has 3 aromatic rings. The molecule has 0 fully saturated rings. The Morgan fingerprint density at radius 2 is 1.77 bits per heavy atom. The number of carbonyl (C=O) groups excluding carboxylic acids is 2. The fourth-order valence-corrected chi connectivity index (χ4v) is 3.18. The number of ether oxygens (including phenoxy) is 1. The lowest BCUT2D eigenvalue weighted by molar-refractivity contribution is 0.0544. The van der Waals surface area contributed by atoms with Crippen LogP contribution >= 0.6 is 22.6 Å². The summed E-state index contributed by atoms with van der Waals surface area (Å²) in [6.07, 6.45) is 1.29. The Balaban J connectivity index is 0.000000269. The third kappa shape index (κ3) is 6.56. The topological polar surface area (TPSA) is 77.8 Å². The molecular formula is C21H21BFINO5. The minimum Gasteiger partial charge on any atom is -0.537 e. The van der Waals surface area contributed by atoms with Crippen LogP contribution in [-0.2, 0) is 4.74 Å². The second-order valence-corrected chi connectivity index (χ2v) is 8.45. The molecule has 0 atom stereocenters. The summed E-state index contributed by atoms with van der Waals surface area (Å²) < 4.78 is 24.5. The fourth-order valence-electron chi connectivity index (χ4n) is 2.44.